The summed E-state index contributed by atoms with van der Waals surface area (Å²) in [7, 11) is 0. The lowest BCUT2D eigenvalue weighted by molar-refractivity contribution is 0.0943. The highest BCUT2D eigenvalue weighted by Crippen LogP contribution is 2.37. The molecular weight excluding hydrogens is 402 g/mol. The van der Waals surface area contributed by atoms with Crippen LogP contribution in [-0.2, 0) is 13.0 Å². The lowest BCUT2D eigenvalue weighted by Crippen LogP contribution is -2.30. The highest BCUT2D eigenvalue weighted by atomic mass is 16.1. The molecule has 0 spiro atoms. The summed E-state index contributed by atoms with van der Waals surface area (Å²) in [6.07, 6.45) is 7.09. The van der Waals surface area contributed by atoms with Crippen LogP contribution < -0.4 is 21.3 Å². The van der Waals surface area contributed by atoms with Crippen LogP contribution in [0.3, 0.4) is 0 Å². The lowest BCUT2D eigenvalue weighted by atomic mass is 10.0. The number of imidazole rings is 1. The van der Waals surface area contributed by atoms with Crippen LogP contribution in [0.2, 0.25) is 0 Å². The van der Waals surface area contributed by atoms with Gasteiger partial charge in [-0.3, -0.25) is 4.79 Å². The third-order valence-corrected chi connectivity index (χ3v) is 5.76. The molecule has 8 heteroatoms. The van der Waals surface area contributed by atoms with Gasteiger partial charge in [-0.25, -0.2) is 9.97 Å². The van der Waals surface area contributed by atoms with Gasteiger partial charge in [0.05, 0.1) is 5.56 Å². The summed E-state index contributed by atoms with van der Waals surface area (Å²) in [4.78, 5) is 22.0. The Hall–Kier alpha value is -3.39. The molecule has 0 bridgehead atoms. The molecule has 3 heterocycles. The topological polar surface area (TPSA) is 95.9 Å². The minimum Gasteiger partial charge on any atom is -0.350 e. The number of nitrogens with zero attached hydrogens (tertiary/aromatic N) is 3. The zero-order valence-corrected chi connectivity index (χ0v) is 18.5. The maximum absolute atomic E-state index is 12.8. The number of benzene rings is 1. The number of fused-ring (bicyclic) bond motifs is 1. The van der Waals surface area contributed by atoms with Crippen LogP contribution in [0.1, 0.15) is 54.2 Å². The number of nitrogens with one attached hydrogen (secondary N) is 4. The van der Waals surface area contributed by atoms with Gasteiger partial charge in [0.15, 0.2) is 0 Å². The van der Waals surface area contributed by atoms with E-state index in [-0.39, 0.29) is 11.9 Å². The second-order valence-electron chi connectivity index (χ2n) is 8.77. The van der Waals surface area contributed by atoms with Gasteiger partial charge in [0.2, 0.25) is 5.95 Å². The number of hydrogen-bond donors (Lipinski definition) is 4. The largest absolute Gasteiger partial charge is 0.350 e. The normalized spacial score (nSPS) is 15.3. The summed E-state index contributed by atoms with van der Waals surface area (Å²) in [6, 6.07) is 10.6. The molecule has 166 valence electrons. The average molecular weight is 432 g/mol. The first-order chi connectivity index (χ1) is 15.6. The molecule has 1 saturated carbocycles. The minimum absolute atomic E-state index is 0.0331. The molecular formula is C24H29N7O. The lowest BCUT2D eigenvalue weighted by Gasteiger charge is -2.19. The second kappa shape index (κ2) is 8.63. The zero-order chi connectivity index (χ0) is 22.1. The van der Waals surface area contributed by atoms with Crippen molar-refractivity contribution in [2.75, 3.05) is 17.2 Å². The molecule has 3 aromatic rings. The number of carbonyl (C=O) groups is 1. The molecule has 1 aromatic carbocycles. The van der Waals surface area contributed by atoms with E-state index in [0.29, 0.717) is 29.2 Å². The molecule has 1 amide bonds. The Balaban J connectivity index is 1.44. The standard InChI is InChI=1S/C24H29N7O/c1-15(2)27-23(32)20-7-8-21(28-18-4-3-16-9-10-25-14-17(16)13-18)29-22(20)30-24-26-11-12-31(24)19-5-6-19/h3-4,7-8,11-13,15,19,25H,5-6,9-10,14H2,1-2H3,(H,27,32)(H2,26,28,29,30). The van der Waals surface area contributed by atoms with E-state index in [2.05, 4.69) is 49.0 Å². The van der Waals surface area contributed by atoms with E-state index < -0.39 is 0 Å². The fraction of sp³-hybridized carbons (Fsp3) is 0.375. The van der Waals surface area contributed by atoms with Gasteiger partial charge in [-0.15, -0.1) is 0 Å². The van der Waals surface area contributed by atoms with E-state index in [1.165, 1.54) is 11.1 Å². The van der Waals surface area contributed by atoms with Crippen molar-refractivity contribution in [3.63, 3.8) is 0 Å². The van der Waals surface area contributed by atoms with E-state index in [1.807, 2.05) is 26.1 Å². The summed E-state index contributed by atoms with van der Waals surface area (Å²) in [5.74, 6) is 1.70. The van der Waals surface area contributed by atoms with Crippen molar-refractivity contribution in [1.82, 2.24) is 25.2 Å². The first-order valence-electron chi connectivity index (χ1n) is 11.3. The van der Waals surface area contributed by atoms with E-state index >= 15 is 0 Å². The molecule has 8 nitrogen and oxygen atoms in total. The van der Waals surface area contributed by atoms with Crippen molar-refractivity contribution in [3.05, 3.63) is 59.4 Å². The molecule has 0 atom stereocenters. The fourth-order valence-corrected chi connectivity index (χ4v) is 4.02. The van der Waals surface area contributed by atoms with Crippen LogP contribution in [0.25, 0.3) is 0 Å². The predicted molar refractivity (Wildman–Crippen MR) is 126 cm³/mol. The van der Waals surface area contributed by atoms with Gasteiger partial charge < -0.3 is 25.8 Å². The summed E-state index contributed by atoms with van der Waals surface area (Å²) in [5, 5.41) is 13.1. The Labute approximate surface area is 187 Å². The average Bonchev–Trinajstić information content (AvgIpc) is 3.52. The molecule has 32 heavy (non-hydrogen) atoms. The van der Waals surface area contributed by atoms with E-state index in [4.69, 9.17) is 4.98 Å². The number of amides is 1. The molecule has 1 aliphatic heterocycles. The summed E-state index contributed by atoms with van der Waals surface area (Å²) < 4.78 is 2.11. The number of pyridine rings is 1. The molecule has 0 unspecified atom stereocenters. The summed E-state index contributed by atoms with van der Waals surface area (Å²) >= 11 is 0. The number of anilines is 4. The number of carbonyl (C=O) groups excluding carboxylic acids is 1. The Morgan fingerprint density at radius 2 is 2.03 bits per heavy atom. The Bertz CT molecular complexity index is 1130. The van der Waals surface area contributed by atoms with Gasteiger partial charge in [-0.05, 0) is 75.0 Å². The third kappa shape index (κ3) is 4.45. The monoisotopic (exact) mass is 431 g/mol. The van der Waals surface area contributed by atoms with Gasteiger partial charge in [-0.2, -0.15) is 0 Å². The maximum atomic E-state index is 12.8. The van der Waals surface area contributed by atoms with Gasteiger partial charge in [0.25, 0.3) is 5.91 Å². The van der Waals surface area contributed by atoms with Gasteiger partial charge in [0.1, 0.15) is 11.6 Å². The molecule has 2 aromatic heterocycles. The molecule has 1 fully saturated rings. The maximum Gasteiger partial charge on any atom is 0.255 e. The third-order valence-electron chi connectivity index (χ3n) is 5.76. The minimum atomic E-state index is -0.161. The number of aromatic nitrogens is 3. The predicted octanol–water partition coefficient (Wildman–Crippen LogP) is 3.88. The quantitative estimate of drug-likeness (QED) is 0.453. The Kier molecular flexibility index (Phi) is 5.53. The Morgan fingerprint density at radius 3 is 2.84 bits per heavy atom. The molecule has 1 aliphatic carbocycles. The van der Waals surface area contributed by atoms with Crippen molar-refractivity contribution in [2.24, 2.45) is 0 Å². The van der Waals surface area contributed by atoms with Crippen molar-refractivity contribution >= 4 is 29.2 Å². The van der Waals surface area contributed by atoms with Crippen LogP contribution in [0, 0.1) is 0 Å². The van der Waals surface area contributed by atoms with Crippen LogP contribution in [0.5, 0.6) is 0 Å². The smallest absolute Gasteiger partial charge is 0.255 e. The molecule has 5 rings (SSSR count). The number of hydrogen-bond acceptors (Lipinski definition) is 6. The highest BCUT2D eigenvalue weighted by molar-refractivity contribution is 5.99. The van der Waals surface area contributed by atoms with Crippen LogP contribution in [0.4, 0.5) is 23.3 Å². The van der Waals surface area contributed by atoms with Crippen molar-refractivity contribution in [1.29, 1.82) is 0 Å². The highest BCUT2D eigenvalue weighted by Gasteiger charge is 2.26. The Morgan fingerprint density at radius 1 is 1.16 bits per heavy atom. The molecule has 0 saturated heterocycles. The van der Waals surface area contributed by atoms with Gasteiger partial charge in [0, 0.05) is 36.7 Å². The van der Waals surface area contributed by atoms with Crippen molar-refractivity contribution in [2.45, 2.75) is 51.7 Å². The summed E-state index contributed by atoms with van der Waals surface area (Å²) in [5.41, 5.74) is 4.16. The van der Waals surface area contributed by atoms with Crippen LogP contribution in [-0.4, -0.2) is 33.0 Å². The SMILES string of the molecule is CC(C)NC(=O)c1ccc(Nc2ccc3c(c2)CNCC3)nc1Nc1nccn1C1CC1. The van der Waals surface area contributed by atoms with Gasteiger partial charge in [-0.1, -0.05) is 6.07 Å². The van der Waals surface area contributed by atoms with E-state index in [9.17, 15) is 4.79 Å². The van der Waals surface area contributed by atoms with E-state index in [1.54, 1.807) is 12.3 Å². The molecule has 2 aliphatic rings. The van der Waals surface area contributed by atoms with Crippen molar-refractivity contribution in [3.8, 4) is 0 Å². The number of rotatable bonds is 7. The first-order valence-corrected chi connectivity index (χ1v) is 11.3. The second-order valence-corrected chi connectivity index (χ2v) is 8.77. The van der Waals surface area contributed by atoms with Crippen LogP contribution >= 0.6 is 0 Å². The molecule has 4 N–H and O–H groups in total. The zero-order valence-electron chi connectivity index (χ0n) is 18.5. The van der Waals surface area contributed by atoms with E-state index in [0.717, 1.165) is 38.0 Å². The first kappa shape index (κ1) is 20.5. The van der Waals surface area contributed by atoms with Crippen LogP contribution in [0.15, 0.2) is 42.7 Å². The summed E-state index contributed by atoms with van der Waals surface area (Å²) in [6.45, 7) is 5.79. The van der Waals surface area contributed by atoms with Crippen molar-refractivity contribution < 1.29 is 4.79 Å². The van der Waals surface area contributed by atoms with Gasteiger partial charge >= 0.3 is 0 Å². The molecule has 0 radical (unpaired) electrons. The fourth-order valence-electron chi connectivity index (χ4n) is 4.02.